The molecule has 1 aromatic heterocycles. The zero-order valence-electron chi connectivity index (χ0n) is 11.8. The van der Waals surface area contributed by atoms with Crippen molar-refractivity contribution in [2.24, 2.45) is 0 Å². The van der Waals surface area contributed by atoms with Gasteiger partial charge in [0.15, 0.2) is 5.52 Å². The molecule has 110 valence electrons. The predicted octanol–water partition coefficient (Wildman–Crippen LogP) is 3.78. The van der Waals surface area contributed by atoms with E-state index in [1.165, 1.54) is 6.07 Å². The van der Waals surface area contributed by atoms with Crippen LogP contribution in [0.5, 0.6) is 0 Å². The number of fused-ring (bicyclic) bond motifs is 1. The van der Waals surface area contributed by atoms with E-state index in [2.05, 4.69) is 16.9 Å². The molecule has 0 bridgehead atoms. The molecule has 2 aromatic rings. The largest absolute Gasteiger partial charge is 0.384 e. The molecule has 0 spiro atoms. The van der Waals surface area contributed by atoms with Crippen LogP contribution >= 0.6 is 11.8 Å². The summed E-state index contributed by atoms with van der Waals surface area (Å²) in [4.78, 5) is 15.0. The van der Waals surface area contributed by atoms with Gasteiger partial charge >= 0.3 is 0 Å². The highest BCUT2D eigenvalue weighted by molar-refractivity contribution is 7.99. The summed E-state index contributed by atoms with van der Waals surface area (Å²) in [6.45, 7) is 6.31. The third kappa shape index (κ3) is 3.72. The quantitative estimate of drug-likeness (QED) is 0.365. The number of aromatic nitrogens is 1. The Morgan fingerprint density at radius 2 is 2.33 bits per heavy atom. The number of benzene rings is 1. The van der Waals surface area contributed by atoms with Crippen LogP contribution < -0.4 is 5.32 Å². The Balaban J connectivity index is 2.29. The van der Waals surface area contributed by atoms with Crippen molar-refractivity contribution in [1.82, 2.24) is 4.98 Å². The molecule has 0 aliphatic heterocycles. The van der Waals surface area contributed by atoms with E-state index in [1.54, 1.807) is 17.8 Å². The van der Waals surface area contributed by atoms with E-state index in [9.17, 15) is 10.1 Å². The van der Waals surface area contributed by atoms with Crippen LogP contribution in [-0.2, 0) is 0 Å². The average molecular weight is 303 g/mol. The zero-order valence-corrected chi connectivity index (χ0v) is 12.7. The van der Waals surface area contributed by atoms with E-state index >= 15 is 0 Å². The third-order valence-corrected chi connectivity index (χ3v) is 3.90. The molecule has 1 heterocycles. The lowest BCUT2D eigenvalue weighted by molar-refractivity contribution is -0.383. The Hall–Kier alpha value is -2.08. The van der Waals surface area contributed by atoms with Crippen molar-refractivity contribution in [3.05, 3.63) is 52.7 Å². The maximum atomic E-state index is 11.1. The van der Waals surface area contributed by atoms with Gasteiger partial charge in [0.2, 0.25) is 0 Å². The first-order valence-corrected chi connectivity index (χ1v) is 7.76. The van der Waals surface area contributed by atoms with E-state index in [-0.39, 0.29) is 5.69 Å². The number of hydrogen-bond donors (Lipinski definition) is 1. The molecule has 0 amide bonds. The lowest BCUT2D eigenvalue weighted by atomic mass is 10.1. The van der Waals surface area contributed by atoms with E-state index in [0.717, 1.165) is 34.8 Å². The van der Waals surface area contributed by atoms with Gasteiger partial charge in [-0.15, -0.1) is 6.58 Å². The van der Waals surface area contributed by atoms with E-state index < -0.39 is 4.92 Å². The topological polar surface area (TPSA) is 68.1 Å². The van der Waals surface area contributed by atoms with Gasteiger partial charge in [0.05, 0.1) is 4.92 Å². The fraction of sp³-hybridized carbons (Fsp3) is 0.267. The molecule has 0 saturated carbocycles. The van der Waals surface area contributed by atoms with Gasteiger partial charge in [-0.1, -0.05) is 18.2 Å². The minimum absolute atomic E-state index is 0.0419. The molecule has 0 unspecified atom stereocenters. The number of nitro benzene ring substituents is 1. The molecule has 0 radical (unpaired) electrons. The van der Waals surface area contributed by atoms with E-state index in [0.29, 0.717) is 5.52 Å². The van der Waals surface area contributed by atoms with Crippen LogP contribution in [0, 0.1) is 17.0 Å². The first-order valence-electron chi connectivity index (χ1n) is 6.60. The molecule has 2 rings (SSSR count). The first-order chi connectivity index (χ1) is 10.1. The van der Waals surface area contributed by atoms with Crippen molar-refractivity contribution in [1.29, 1.82) is 0 Å². The molecule has 1 N–H and O–H groups in total. The molecule has 5 nitrogen and oxygen atoms in total. The number of thioether (sulfide) groups is 1. The summed E-state index contributed by atoms with van der Waals surface area (Å²) in [5, 5.41) is 15.2. The number of nitrogens with zero attached hydrogens (tertiary/aromatic N) is 2. The highest BCUT2D eigenvalue weighted by Gasteiger charge is 2.15. The summed E-state index contributed by atoms with van der Waals surface area (Å²) in [6, 6.07) is 6.95. The molecule has 0 fully saturated rings. The number of nitrogens with one attached hydrogen (secondary N) is 1. The summed E-state index contributed by atoms with van der Waals surface area (Å²) in [5.74, 6) is 1.87. The number of nitro groups is 1. The van der Waals surface area contributed by atoms with Gasteiger partial charge in [-0.2, -0.15) is 11.8 Å². The lowest BCUT2D eigenvalue weighted by Crippen LogP contribution is -2.06. The monoisotopic (exact) mass is 303 g/mol. The minimum atomic E-state index is -0.390. The van der Waals surface area contributed by atoms with Crippen LogP contribution in [0.4, 0.5) is 11.4 Å². The Morgan fingerprint density at radius 1 is 1.52 bits per heavy atom. The number of hydrogen-bond acceptors (Lipinski definition) is 5. The highest BCUT2D eigenvalue weighted by atomic mass is 32.2. The SMILES string of the molecule is C=CCSCCNc1cc(C)nc2c([N+](=O)[O-])cccc12. The molecule has 6 heteroatoms. The summed E-state index contributed by atoms with van der Waals surface area (Å²) in [7, 11) is 0. The van der Waals surface area contributed by atoms with Crippen LogP contribution in [0.2, 0.25) is 0 Å². The van der Waals surface area contributed by atoms with E-state index in [4.69, 9.17) is 0 Å². The first kappa shape index (κ1) is 15.3. The average Bonchev–Trinajstić information content (AvgIpc) is 2.46. The number of rotatable bonds is 7. The second-order valence-electron chi connectivity index (χ2n) is 4.53. The second-order valence-corrected chi connectivity index (χ2v) is 5.68. The third-order valence-electron chi connectivity index (χ3n) is 2.94. The predicted molar refractivity (Wildman–Crippen MR) is 89.1 cm³/mol. The Bertz CT molecular complexity index is 673. The van der Waals surface area contributed by atoms with Gasteiger partial charge in [-0.05, 0) is 13.0 Å². The number of aryl methyl sites for hydroxylation is 1. The zero-order chi connectivity index (χ0) is 15.2. The number of pyridine rings is 1. The lowest BCUT2D eigenvalue weighted by Gasteiger charge is -2.10. The van der Waals surface area contributed by atoms with Crippen molar-refractivity contribution in [3.8, 4) is 0 Å². The minimum Gasteiger partial charge on any atom is -0.384 e. The van der Waals surface area contributed by atoms with Crippen LogP contribution in [0.3, 0.4) is 0 Å². The van der Waals surface area contributed by atoms with Gasteiger partial charge in [0.1, 0.15) is 0 Å². The number of para-hydroxylation sites is 1. The van der Waals surface area contributed by atoms with Crippen LogP contribution in [0.25, 0.3) is 10.9 Å². The van der Waals surface area contributed by atoms with E-state index in [1.807, 2.05) is 25.1 Å². The Morgan fingerprint density at radius 3 is 3.05 bits per heavy atom. The van der Waals surface area contributed by atoms with Crippen molar-refractivity contribution < 1.29 is 4.92 Å². The van der Waals surface area contributed by atoms with Crippen molar-refractivity contribution in [2.75, 3.05) is 23.4 Å². The molecular weight excluding hydrogens is 286 g/mol. The molecular formula is C15H17N3O2S. The molecule has 0 aliphatic rings. The molecule has 21 heavy (non-hydrogen) atoms. The summed E-state index contributed by atoms with van der Waals surface area (Å²) < 4.78 is 0. The molecule has 0 aliphatic carbocycles. The van der Waals surface area contributed by atoms with Gasteiger partial charge in [0.25, 0.3) is 5.69 Å². The molecule has 0 atom stereocenters. The number of anilines is 1. The fourth-order valence-electron chi connectivity index (χ4n) is 2.08. The van der Waals surface area contributed by atoms with Crippen molar-refractivity contribution >= 4 is 34.0 Å². The fourth-order valence-corrected chi connectivity index (χ4v) is 2.66. The smallest absolute Gasteiger partial charge is 0.295 e. The summed E-state index contributed by atoms with van der Waals surface area (Å²) >= 11 is 1.79. The summed E-state index contributed by atoms with van der Waals surface area (Å²) in [6.07, 6.45) is 1.88. The van der Waals surface area contributed by atoms with Gasteiger partial charge in [0, 0.05) is 40.9 Å². The van der Waals surface area contributed by atoms with Crippen LogP contribution in [0.1, 0.15) is 5.69 Å². The standard InChI is InChI=1S/C15H17N3O2S/c1-3-8-21-9-7-16-13-10-11(2)17-15-12(13)5-4-6-14(15)18(19)20/h3-6,10H,1,7-9H2,2H3,(H,16,17). The van der Waals surface area contributed by atoms with Gasteiger partial charge in [-0.25, -0.2) is 4.98 Å². The molecule has 1 aromatic carbocycles. The van der Waals surface area contributed by atoms with Crippen molar-refractivity contribution in [3.63, 3.8) is 0 Å². The summed E-state index contributed by atoms with van der Waals surface area (Å²) in [5.41, 5.74) is 2.13. The highest BCUT2D eigenvalue weighted by Crippen LogP contribution is 2.29. The van der Waals surface area contributed by atoms with Crippen molar-refractivity contribution in [2.45, 2.75) is 6.92 Å². The Kier molecular flexibility index (Phi) is 5.16. The van der Waals surface area contributed by atoms with Crippen LogP contribution in [0.15, 0.2) is 36.9 Å². The molecule has 0 saturated heterocycles. The second kappa shape index (κ2) is 7.08. The Labute approximate surface area is 127 Å². The number of non-ortho nitro benzene ring substituents is 1. The van der Waals surface area contributed by atoms with Crippen LogP contribution in [-0.4, -0.2) is 28.0 Å². The maximum Gasteiger partial charge on any atom is 0.295 e. The normalized spacial score (nSPS) is 10.5. The van der Waals surface area contributed by atoms with Gasteiger partial charge in [-0.3, -0.25) is 10.1 Å². The van der Waals surface area contributed by atoms with Gasteiger partial charge < -0.3 is 5.32 Å². The maximum absolute atomic E-state index is 11.1.